The first-order chi connectivity index (χ1) is 12.1. The van der Waals surface area contributed by atoms with Gasteiger partial charge in [0.05, 0.1) is 18.0 Å². The van der Waals surface area contributed by atoms with Crippen molar-refractivity contribution in [3.05, 3.63) is 63.2 Å². The Kier molecular flexibility index (Phi) is 4.07. The van der Waals surface area contributed by atoms with E-state index in [9.17, 15) is 4.79 Å². The van der Waals surface area contributed by atoms with E-state index in [1.54, 1.807) is 18.2 Å². The number of aromatic amines is 1. The minimum absolute atomic E-state index is 0.146. The molecule has 1 aliphatic rings. The molecule has 2 N–H and O–H groups in total. The Morgan fingerprint density at radius 3 is 2.88 bits per heavy atom. The Bertz CT molecular complexity index is 1000. The summed E-state index contributed by atoms with van der Waals surface area (Å²) in [6.45, 7) is 1.63. The zero-order valence-corrected chi connectivity index (χ0v) is 14.4. The largest absolute Gasteiger partial charge is 0.454 e. The molecule has 0 aliphatic carbocycles. The summed E-state index contributed by atoms with van der Waals surface area (Å²) in [6.07, 6.45) is 0. The average molecular weight is 359 g/mol. The zero-order valence-electron chi connectivity index (χ0n) is 13.6. The molecule has 25 heavy (non-hydrogen) atoms. The number of halogens is 1. The molecule has 0 spiro atoms. The summed E-state index contributed by atoms with van der Waals surface area (Å²) in [6, 6.07) is 11.0. The van der Waals surface area contributed by atoms with Crippen molar-refractivity contribution in [1.82, 2.24) is 9.97 Å². The summed E-state index contributed by atoms with van der Waals surface area (Å²) >= 11 is 6.00. The SMILES string of the molecule is C[NH+](Cc1ccc2c(c1)OCO2)Cc1nc2cc(Cl)ccc2c(=O)[nH]1. The summed E-state index contributed by atoms with van der Waals surface area (Å²) in [5.41, 5.74) is 1.60. The van der Waals surface area contributed by atoms with Gasteiger partial charge in [-0.05, 0) is 36.4 Å². The van der Waals surface area contributed by atoms with Crippen molar-refractivity contribution in [3.63, 3.8) is 0 Å². The van der Waals surface area contributed by atoms with E-state index in [1.165, 1.54) is 4.90 Å². The van der Waals surface area contributed by atoms with Gasteiger partial charge in [0.15, 0.2) is 17.3 Å². The first-order valence-corrected chi connectivity index (χ1v) is 8.34. The number of nitrogens with one attached hydrogen (secondary N) is 2. The van der Waals surface area contributed by atoms with Gasteiger partial charge in [0.1, 0.15) is 13.1 Å². The molecule has 1 unspecified atom stereocenters. The number of rotatable bonds is 4. The molecule has 3 aromatic rings. The summed E-state index contributed by atoms with van der Waals surface area (Å²) in [5, 5.41) is 1.11. The second-order valence-corrected chi connectivity index (χ2v) is 6.61. The fourth-order valence-corrected chi connectivity index (χ4v) is 3.16. The molecule has 0 fully saturated rings. The monoisotopic (exact) mass is 358 g/mol. The van der Waals surface area contributed by atoms with Crippen molar-refractivity contribution in [2.45, 2.75) is 13.1 Å². The van der Waals surface area contributed by atoms with Gasteiger partial charge in [0.25, 0.3) is 5.56 Å². The smallest absolute Gasteiger partial charge is 0.258 e. The maximum Gasteiger partial charge on any atom is 0.258 e. The Balaban J connectivity index is 1.53. The molecular formula is C18H17ClN3O3+. The highest BCUT2D eigenvalue weighted by Gasteiger charge is 2.15. The van der Waals surface area contributed by atoms with Crippen LogP contribution in [0.5, 0.6) is 11.5 Å². The summed E-state index contributed by atoms with van der Waals surface area (Å²) < 4.78 is 10.7. The molecular weight excluding hydrogens is 342 g/mol. The van der Waals surface area contributed by atoms with Crippen molar-refractivity contribution in [3.8, 4) is 11.5 Å². The molecule has 7 heteroatoms. The lowest BCUT2D eigenvalue weighted by atomic mass is 10.2. The van der Waals surface area contributed by atoms with Crippen LogP contribution in [0.4, 0.5) is 0 Å². The van der Waals surface area contributed by atoms with Crippen LogP contribution in [0.25, 0.3) is 10.9 Å². The highest BCUT2D eigenvalue weighted by atomic mass is 35.5. The number of H-pyrrole nitrogens is 1. The van der Waals surface area contributed by atoms with Crippen molar-refractivity contribution in [1.29, 1.82) is 0 Å². The molecule has 0 radical (unpaired) electrons. The molecule has 0 bridgehead atoms. The van der Waals surface area contributed by atoms with E-state index in [0.717, 1.165) is 23.6 Å². The molecule has 0 saturated carbocycles. The van der Waals surface area contributed by atoms with Gasteiger partial charge in [-0.3, -0.25) is 4.79 Å². The zero-order chi connectivity index (χ0) is 17.4. The minimum atomic E-state index is -0.146. The number of nitrogens with zero attached hydrogens (tertiary/aromatic N) is 1. The minimum Gasteiger partial charge on any atom is -0.454 e. The van der Waals surface area contributed by atoms with Crippen LogP contribution in [-0.2, 0) is 13.1 Å². The van der Waals surface area contributed by atoms with Crippen LogP contribution in [0.3, 0.4) is 0 Å². The van der Waals surface area contributed by atoms with Gasteiger partial charge in [-0.15, -0.1) is 0 Å². The van der Waals surface area contributed by atoms with Gasteiger partial charge >= 0.3 is 0 Å². The van der Waals surface area contributed by atoms with Gasteiger partial charge in [-0.2, -0.15) is 0 Å². The van der Waals surface area contributed by atoms with Gasteiger partial charge in [0.2, 0.25) is 6.79 Å². The van der Waals surface area contributed by atoms with Crippen LogP contribution in [0.2, 0.25) is 5.02 Å². The van der Waals surface area contributed by atoms with Crippen LogP contribution < -0.4 is 19.9 Å². The normalized spacial score (nSPS) is 14.0. The van der Waals surface area contributed by atoms with Gasteiger partial charge < -0.3 is 19.4 Å². The molecule has 128 valence electrons. The molecule has 4 rings (SSSR count). The van der Waals surface area contributed by atoms with E-state index in [4.69, 9.17) is 21.1 Å². The lowest BCUT2D eigenvalue weighted by Crippen LogP contribution is -3.06. The third-order valence-corrected chi connectivity index (χ3v) is 4.36. The first-order valence-electron chi connectivity index (χ1n) is 7.97. The van der Waals surface area contributed by atoms with E-state index < -0.39 is 0 Å². The summed E-state index contributed by atoms with van der Waals surface area (Å²) in [7, 11) is 2.05. The standard InChI is InChI=1S/C18H16ClN3O3/c1-22(8-11-2-5-15-16(6-11)25-10-24-15)9-17-20-14-7-12(19)3-4-13(14)18(23)21-17/h2-7H,8-10H2,1H3,(H,20,21,23)/p+1. The fourth-order valence-electron chi connectivity index (χ4n) is 2.99. The van der Waals surface area contributed by atoms with Gasteiger partial charge in [0, 0.05) is 10.6 Å². The Morgan fingerprint density at radius 1 is 1.16 bits per heavy atom. The maximum absolute atomic E-state index is 12.2. The number of hydrogen-bond donors (Lipinski definition) is 2. The first kappa shape index (κ1) is 15.9. The highest BCUT2D eigenvalue weighted by Crippen LogP contribution is 2.32. The average Bonchev–Trinajstić information content (AvgIpc) is 3.01. The van der Waals surface area contributed by atoms with Crippen molar-refractivity contribution in [2.24, 2.45) is 0 Å². The van der Waals surface area contributed by atoms with Crippen LogP contribution in [0.1, 0.15) is 11.4 Å². The molecule has 2 aromatic carbocycles. The molecule has 0 amide bonds. The van der Waals surface area contributed by atoms with Gasteiger partial charge in [-0.1, -0.05) is 11.6 Å². The number of quaternary nitrogens is 1. The van der Waals surface area contributed by atoms with Crippen molar-refractivity contribution >= 4 is 22.5 Å². The molecule has 0 saturated heterocycles. The molecule has 1 aliphatic heterocycles. The van der Waals surface area contributed by atoms with E-state index in [1.807, 2.05) is 25.2 Å². The molecule has 1 aromatic heterocycles. The predicted molar refractivity (Wildman–Crippen MR) is 94.2 cm³/mol. The summed E-state index contributed by atoms with van der Waals surface area (Å²) in [5.74, 6) is 2.19. The van der Waals surface area contributed by atoms with Crippen molar-refractivity contribution in [2.75, 3.05) is 13.8 Å². The van der Waals surface area contributed by atoms with E-state index in [-0.39, 0.29) is 12.4 Å². The topological polar surface area (TPSA) is 68.7 Å². The van der Waals surface area contributed by atoms with Crippen LogP contribution in [0, 0.1) is 0 Å². The number of fused-ring (bicyclic) bond motifs is 2. The fraction of sp³-hybridized carbons (Fsp3) is 0.222. The number of aromatic nitrogens is 2. The molecule has 1 atom stereocenters. The second kappa shape index (κ2) is 6.38. The van der Waals surface area contributed by atoms with Crippen LogP contribution in [0.15, 0.2) is 41.2 Å². The van der Waals surface area contributed by atoms with E-state index in [0.29, 0.717) is 28.3 Å². The third-order valence-electron chi connectivity index (χ3n) is 4.13. The predicted octanol–water partition coefficient (Wildman–Crippen LogP) is 1.52. The third kappa shape index (κ3) is 3.31. The molecule has 6 nitrogen and oxygen atoms in total. The molecule has 2 heterocycles. The Morgan fingerprint density at radius 2 is 2.00 bits per heavy atom. The lowest BCUT2D eigenvalue weighted by Gasteiger charge is -2.14. The van der Waals surface area contributed by atoms with Crippen LogP contribution in [-0.4, -0.2) is 23.8 Å². The highest BCUT2D eigenvalue weighted by molar-refractivity contribution is 6.31. The Hall–Kier alpha value is -2.57. The number of benzene rings is 2. The van der Waals surface area contributed by atoms with E-state index in [2.05, 4.69) is 9.97 Å². The number of ether oxygens (including phenoxy) is 2. The lowest BCUT2D eigenvalue weighted by molar-refractivity contribution is -0.908. The van der Waals surface area contributed by atoms with Gasteiger partial charge in [-0.25, -0.2) is 4.98 Å². The van der Waals surface area contributed by atoms with Crippen LogP contribution >= 0.6 is 11.6 Å². The van der Waals surface area contributed by atoms with E-state index >= 15 is 0 Å². The Labute approximate surface area is 149 Å². The number of hydrogen-bond acceptors (Lipinski definition) is 4. The quantitative estimate of drug-likeness (QED) is 0.742. The second-order valence-electron chi connectivity index (χ2n) is 6.17. The van der Waals surface area contributed by atoms with Crippen molar-refractivity contribution < 1.29 is 14.4 Å². The maximum atomic E-state index is 12.2. The summed E-state index contributed by atoms with van der Waals surface area (Å²) in [4.78, 5) is 20.8.